The largest absolute Gasteiger partial charge is 0.207 e. The van der Waals surface area contributed by atoms with Gasteiger partial charge in [-0.2, -0.15) is 0 Å². The number of unbranched alkanes of at least 4 members (excludes halogenated alkanes) is 2. The van der Waals surface area contributed by atoms with Gasteiger partial charge in [0.1, 0.15) is 11.6 Å². The summed E-state index contributed by atoms with van der Waals surface area (Å²) in [7, 11) is 0. The van der Waals surface area contributed by atoms with Gasteiger partial charge >= 0.3 is 0 Å². The number of hydrogen-bond acceptors (Lipinski definition) is 0. The van der Waals surface area contributed by atoms with E-state index >= 15 is 0 Å². The normalized spacial score (nSPS) is 16.2. The van der Waals surface area contributed by atoms with E-state index in [0.29, 0.717) is 0 Å². The lowest BCUT2D eigenvalue weighted by Gasteiger charge is -2.26. The van der Waals surface area contributed by atoms with Crippen LogP contribution in [-0.4, -0.2) is 0 Å². The van der Waals surface area contributed by atoms with Gasteiger partial charge in [-0.3, -0.25) is 0 Å². The summed E-state index contributed by atoms with van der Waals surface area (Å²) in [6, 6.07) is 9.67. The molecule has 2 aromatic carbocycles. The highest BCUT2D eigenvalue weighted by Gasteiger charge is 2.26. The molecular formula is C25H30F2. The molecule has 0 spiro atoms. The maximum atomic E-state index is 14.7. The van der Waals surface area contributed by atoms with E-state index in [1.807, 2.05) is 6.08 Å². The predicted molar refractivity (Wildman–Crippen MR) is 109 cm³/mol. The van der Waals surface area contributed by atoms with E-state index in [-0.39, 0.29) is 23.1 Å². The molecule has 2 aromatic rings. The van der Waals surface area contributed by atoms with Crippen LogP contribution in [0.4, 0.5) is 8.78 Å². The van der Waals surface area contributed by atoms with Gasteiger partial charge in [-0.1, -0.05) is 44.0 Å². The zero-order valence-electron chi connectivity index (χ0n) is 16.4. The second kappa shape index (κ2) is 9.30. The Labute approximate surface area is 162 Å². The summed E-state index contributed by atoms with van der Waals surface area (Å²) in [6.45, 7) is 5.91. The molecule has 0 radical (unpaired) electrons. The summed E-state index contributed by atoms with van der Waals surface area (Å²) in [5.41, 5.74) is 4.96. The van der Waals surface area contributed by atoms with Crippen molar-refractivity contribution in [3.63, 3.8) is 0 Å². The van der Waals surface area contributed by atoms with Gasteiger partial charge in [0, 0.05) is 5.56 Å². The van der Waals surface area contributed by atoms with E-state index in [1.165, 1.54) is 16.7 Å². The third-order valence-corrected chi connectivity index (χ3v) is 5.75. The Balaban J connectivity index is 1.75. The van der Waals surface area contributed by atoms with Crippen LogP contribution in [0.1, 0.15) is 72.8 Å². The molecule has 0 N–H and O–H groups in total. The lowest BCUT2D eigenvalue weighted by molar-refractivity contribution is 0.489. The van der Waals surface area contributed by atoms with Crippen molar-refractivity contribution < 1.29 is 8.78 Å². The zero-order valence-corrected chi connectivity index (χ0v) is 16.4. The first kappa shape index (κ1) is 19.8. The Hall–Kier alpha value is -1.96. The first-order valence-corrected chi connectivity index (χ1v) is 10.3. The number of aryl methyl sites for hydroxylation is 3. The third-order valence-electron chi connectivity index (χ3n) is 5.75. The average Bonchev–Trinajstić information content (AvgIpc) is 2.66. The Bertz CT molecular complexity index is 768. The SMILES string of the molecule is C=CCCc1ccc2c(c1)CCC(c1c(F)cc(CCCCC)cc1F)C2. The van der Waals surface area contributed by atoms with Crippen molar-refractivity contribution in [1.29, 1.82) is 0 Å². The van der Waals surface area contributed by atoms with Crippen molar-refractivity contribution in [2.45, 2.75) is 70.6 Å². The van der Waals surface area contributed by atoms with Crippen molar-refractivity contribution in [2.75, 3.05) is 0 Å². The quantitative estimate of drug-likeness (QED) is 0.345. The van der Waals surface area contributed by atoms with Crippen LogP contribution in [0.25, 0.3) is 0 Å². The van der Waals surface area contributed by atoms with Crippen molar-refractivity contribution in [3.8, 4) is 0 Å². The maximum absolute atomic E-state index is 14.7. The average molecular weight is 369 g/mol. The van der Waals surface area contributed by atoms with Gasteiger partial charge in [0.25, 0.3) is 0 Å². The Morgan fingerprint density at radius 3 is 2.48 bits per heavy atom. The van der Waals surface area contributed by atoms with Crippen LogP contribution in [0.5, 0.6) is 0 Å². The molecule has 144 valence electrons. The smallest absolute Gasteiger partial charge is 0.129 e. The van der Waals surface area contributed by atoms with Gasteiger partial charge in [-0.05, 0) is 85.3 Å². The van der Waals surface area contributed by atoms with Gasteiger partial charge in [-0.25, -0.2) is 8.78 Å². The van der Waals surface area contributed by atoms with Crippen molar-refractivity contribution in [1.82, 2.24) is 0 Å². The highest BCUT2D eigenvalue weighted by atomic mass is 19.1. The van der Waals surface area contributed by atoms with Gasteiger partial charge in [0.2, 0.25) is 0 Å². The molecule has 0 fully saturated rings. The summed E-state index contributed by atoms with van der Waals surface area (Å²) >= 11 is 0. The Morgan fingerprint density at radius 1 is 1.00 bits per heavy atom. The Kier molecular flexibility index (Phi) is 6.82. The highest BCUT2D eigenvalue weighted by Crippen LogP contribution is 2.36. The molecule has 0 aromatic heterocycles. The highest BCUT2D eigenvalue weighted by molar-refractivity contribution is 5.38. The van der Waals surface area contributed by atoms with E-state index in [4.69, 9.17) is 0 Å². The summed E-state index contributed by atoms with van der Waals surface area (Å²) in [5.74, 6) is -0.795. The number of benzene rings is 2. The van der Waals surface area contributed by atoms with Crippen LogP contribution in [0.15, 0.2) is 43.0 Å². The van der Waals surface area contributed by atoms with E-state index in [1.54, 1.807) is 12.1 Å². The predicted octanol–water partition coefficient (Wildman–Crippen LogP) is 7.09. The molecule has 1 unspecified atom stereocenters. The fraction of sp³-hybridized carbons (Fsp3) is 0.440. The molecule has 0 saturated carbocycles. The Morgan fingerprint density at radius 2 is 1.78 bits per heavy atom. The fourth-order valence-corrected chi connectivity index (χ4v) is 4.23. The summed E-state index contributed by atoms with van der Waals surface area (Å²) in [4.78, 5) is 0. The lowest BCUT2D eigenvalue weighted by Crippen LogP contribution is -2.16. The van der Waals surface area contributed by atoms with E-state index < -0.39 is 0 Å². The molecule has 0 aliphatic heterocycles. The standard InChI is InChI=1S/C25H30F2/c1-3-5-7-9-19-15-23(26)25(24(27)16-19)22-13-12-20-14-18(8-6-4-2)10-11-21(20)17-22/h4,10-11,14-16,22H,2-3,5-9,12-13,17H2,1H3. The maximum Gasteiger partial charge on any atom is 0.129 e. The number of fused-ring (bicyclic) bond motifs is 1. The number of allylic oxidation sites excluding steroid dienone is 1. The first-order chi connectivity index (χ1) is 13.1. The van der Waals surface area contributed by atoms with E-state index in [0.717, 1.165) is 63.4 Å². The van der Waals surface area contributed by atoms with Crippen molar-refractivity contribution in [3.05, 3.63) is 82.4 Å². The zero-order chi connectivity index (χ0) is 19.2. The number of rotatable bonds is 8. The molecule has 0 saturated heterocycles. The lowest BCUT2D eigenvalue weighted by atomic mass is 9.79. The van der Waals surface area contributed by atoms with Crippen molar-refractivity contribution in [2.24, 2.45) is 0 Å². The monoisotopic (exact) mass is 368 g/mol. The van der Waals surface area contributed by atoms with Gasteiger partial charge in [-0.15, -0.1) is 6.58 Å². The molecular weight excluding hydrogens is 338 g/mol. The minimum atomic E-state index is -0.363. The molecule has 0 bridgehead atoms. The van der Waals surface area contributed by atoms with E-state index in [9.17, 15) is 8.78 Å². The molecule has 3 rings (SSSR count). The molecule has 1 aliphatic rings. The number of hydrogen-bond donors (Lipinski definition) is 0. The topological polar surface area (TPSA) is 0 Å². The summed E-state index contributed by atoms with van der Waals surface area (Å²) < 4.78 is 29.5. The minimum Gasteiger partial charge on any atom is -0.207 e. The van der Waals surface area contributed by atoms with Crippen LogP contribution in [0, 0.1) is 11.6 Å². The molecule has 1 aliphatic carbocycles. The van der Waals surface area contributed by atoms with Crippen LogP contribution < -0.4 is 0 Å². The first-order valence-electron chi connectivity index (χ1n) is 10.3. The second-order valence-electron chi connectivity index (χ2n) is 7.80. The van der Waals surface area contributed by atoms with E-state index in [2.05, 4.69) is 31.7 Å². The van der Waals surface area contributed by atoms with Crippen LogP contribution >= 0.6 is 0 Å². The molecule has 0 nitrogen and oxygen atoms in total. The van der Waals surface area contributed by atoms with Crippen LogP contribution in [0.2, 0.25) is 0 Å². The molecule has 27 heavy (non-hydrogen) atoms. The number of halogens is 2. The van der Waals surface area contributed by atoms with Gasteiger partial charge in [0.05, 0.1) is 0 Å². The molecule has 0 heterocycles. The fourth-order valence-electron chi connectivity index (χ4n) is 4.23. The van der Waals surface area contributed by atoms with Crippen LogP contribution in [0.3, 0.4) is 0 Å². The summed E-state index contributed by atoms with van der Waals surface area (Å²) in [5, 5.41) is 0. The third kappa shape index (κ3) is 4.86. The molecule has 1 atom stereocenters. The molecule has 2 heteroatoms. The van der Waals surface area contributed by atoms with Gasteiger partial charge in [0.15, 0.2) is 0 Å². The second-order valence-corrected chi connectivity index (χ2v) is 7.80. The van der Waals surface area contributed by atoms with Crippen LogP contribution in [-0.2, 0) is 25.7 Å². The molecule has 0 amide bonds. The van der Waals surface area contributed by atoms with Gasteiger partial charge < -0.3 is 0 Å². The minimum absolute atomic E-state index is 0.0683. The summed E-state index contributed by atoms with van der Waals surface area (Å²) in [6.07, 6.45) is 10.3. The van der Waals surface area contributed by atoms with Crippen molar-refractivity contribution >= 4 is 0 Å².